The van der Waals surface area contributed by atoms with Crippen LogP contribution in [0.25, 0.3) is 0 Å². The molecule has 0 unspecified atom stereocenters. The van der Waals surface area contributed by atoms with Crippen molar-refractivity contribution in [1.29, 1.82) is 5.26 Å². The predicted molar refractivity (Wildman–Crippen MR) is 73.5 cm³/mol. The van der Waals surface area contributed by atoms with Crippen LogP contribution in [0.15, 0.2) is 18.2 Å². The smallest absolute Gasteiger partial charge is 0.305 e. The summed E-state index contributed by atoms with van der Waals surface area (Å²) in [6.45, 7) is 3.59. The first kappa shape index (κ1) is 15.0. The van der Waals surface area contributed by atoms with E-state index in [0.29, 0.717) is 18.4 Å². The van der Waals surface area contributed by atoms with Crippen molar-refractivity contribution >= 4 is 11.9 Å². The second kappa shape index (κ2) is 5.52. The summed E-state index contributed by atoms with van der Waals surface area (Å²) < 4.78 is 13.9. The molecule has 0 radical (unpaired) electrons. The third-order valence-electron chi connectivity index (χ3n) is 4.08. The number of hydrogen-bond acceptors (Lipinski definition) is 3. The van der Waals surface area contributed by atoms with Gasteiger partial charge in [-0.05, 0) is 31.0 Å². The van der Waals surface area contributed by atoms with Crippen molar-refractivity contribution in [3.05, 3.63) is 35.1 Å². The molecule has 21 heavy (non-hydrogen) atoms. The fourth-order valence-corrected chi connectivity index (χ4v) is 2.71. The van der Waals surface area contributed by atoms with Crippen molar-refractivity contribution < 1.29 is 14.0 Å². The first-order valence-corrected chi connectivity index (χ1v) is 6.80. The van der Waals surface area contributed by atoms with Gasteiger partial charge in [0.2, 0.25) is 0 Å². The minimum atomic E-state index is -0.952. The number of imide groups is 1. The van der Waals surface area contributed by atoms with Crippen molar-refractivity contribution in [3.8, 4) is 6.07 Å². The van der Waals surface area contributed by atoms with Crippen molar-refractivity contribution in [3.63, 3.8) is 0 Å². The van der Waals surface area contributed by atoms with Crippen LogP contribution < -0.4 is 5.32 Å². The molecule has 0 bridgehead atoms. The van der Waals surface area contributed by atoms with Gasteiger partial charge >= 0.3 is 6.03 Å². The lowest BCUT2D eigenvalue weighted by molar-refractivity contribution is -0.127. The Balaban J connectivity index is 2.40. The average Bonchev–Trinajstić information content (AvgIpc) is 2.72. The van der Waals surface area contributed by atoms with Gasteiger partial charge in [0, 0.05) is 5.56 Å². The number of carbonyl (C=O) groups excluding carboxylic acids is 2. The van der Waals surface area contributed by atoms with Crippen molar-refractivity contribution in [2.45, 2.75) is 38.8 Å². The largest absolute Gasteiger partial charge is 0.325 e. The average molecular weight is 289 g/mol. The summed E-state index contributed by atoms with van der Waals surface area (Å²) in [5.41, 5.74) is -0.410. The number of nitriles is 1. The number of rotatable bonds is 4. The highest BCUT2D eigenvalue weighted by atomic mass is 19.1. The number of benzene rings is 1. The van der Waals surface area contributed by atoms with E-state index in [0.717, 1.165) is 0 Å². The van der Waals surface area contributed by atoms with E-state index in [1.165, 1.54) is 23.1 Å². The first-order valence-electron chi connectivity index (χ1n) is 6.80. The standard InChI is InChI=1S/C15H16FN3O2/c1-3-15(4-2)13(20)18-14(21)19(15)9-11-7-10(8-17)5-6-12(11)16/h5-7H,3-4,9H2,1-2H3,(H,18,20,21). The predicted octanol–water partition coefficient (Wildman–Crippen LogP) is 2.31. The molecule has 1 fully saturated rings. The summed E-state index contributed by atoms with van der Waals surface area (Å²) in [7, 11) is 0. The zero-order valence-corrected chi connectivity index (χ0v) is 11.9. The van der Waals surface area contributed by atoms with Gasteiger partial charge in [0.05, 0.1) is 18.2 Å². The highest BCUT2D eigenvalue weighted by Gasteiger charge is 2.50. The van der Waals surface area contributed by atoms with Crippen LogP contribution in [0, 0.1) is 17.1 Å². The van der Waals surface area contributed by atoms with Crippen LogP contribution in [0.4, 0.5) is 9.18 Å². The molecule has 0 aliphatic carbocycles. The number of hydrogen-bond donors (Lipinski definition) is 1. The van der Waals surface area contributed by atoms with Crippen LogP contribution >= 0.6 is 0 Å². The Morgan fingerprint density at radius 1 is 1.33 bits per heavy atom. The van der Waals surface area contributed by atoms with Crippen LogP contribution in [0.3, 0.4) is 0 Å². The normalized spacial score (nSPS) is 16.8. The molecule has 0 atom stereocenters. The maximum absolute atomic E-state index is 13.9. The fraction of sp³-hybridized carbons (Fsp3) is 0.400. The molecule has 2 rings (SSSR count). The summed E-state index contributed by atoms with van der Waals surface area (Å²) in [4.78, 5) is 25.4. The van der Waals surface area contributed by atoms with E-state index in [1.54, 1.807) is 0 Å². The van der Waals surface area contributed by atoms with Gasteiger partial charge in [-0.25, -0.2) is 9.18 Å². The van der Waals surface area contributed by atoms with E-state index >= 15 is 0 Å². The van der Waals surface area contributed by atoms with Gasteiger partial charge in [0.15, 0.2) is 0 Å². The van der Waals surface area contributed by atoms with Crippen LogP contribution in [-0.4, -0.2) is 22.4 Å². The number of nitrogens with one attached hydrogen (secondary N) is 1. The van der Waals surface area contributed by atoms with Crippen molar-refractivity contribution in [2.75, 3.05) is 0 Å². The van der Waals surface area contributed by atoms with Crippen molar-refractivity contribution in [1.82, 2.24) is 10.2 Å². The van der Waals surface area contributed by atoms with Gasteiger partial charge in [-0.2, -0.15) is 5.26 Å². The Morgan fingerprint density at radius 2 is 2.00 bits per heavy atom. The number of urea groups is 1. The minimum absolute atomic E-state index is 0.0411. The molecule has 1 aromatic rings. The zero-order valence-electron chi connectivity index (χ0n) is 11.9. The van der Waals surface area contributed by atoms with Gasteiger partial charge in [-0.3, -0.25) is 10.1 Å². The van der Waals surface area contributed by atoms with Gasteiger partial charge in [-0.1, -0.05) is 13.8 Å². The molecule has 0 spiro atoms. The van der Waals surface area contributed by atoms with Gasteiger partial charge in [0.1, 0.15) is 11.4 Å². The maximum atomic E-state index is 13.9. The maximum Gasteiger partial charge on any atom is 0.325 e. The number of amides is 3. The van der Waals surface area contributed by atoms with Gasteiger partial charge < -0.3 is 4.90 Å². The molecule has 1 aliphatic rings. The molecule has 1 aliphatic heterocycles. The Kier molecular flexibility index (Phi) is 3.94. The molecule has 1 heterocycles. The second-order valence-corrected chi connectivity index (χ2v) is 5.00. The molecule has 6 heteroatoms. The Bertz CT molecular complexity index is 632. The molecule has 1 saturated heterocycles. The molecule has 3 amide bonds. The molecule has 110 valence electrons. The molecule has 0 aromatic heterocycles. The van der Waals surface area contributed by atoms with E-state index in [2.05, 4.69) is 5.32 Å². The highest BCUT2D eigenvalue weighted by Crippen LogP contribution is 2.31. The van der Waals surface area contributed by atoms with Crippen LogP contribution in [0.5, 0.6) is 0 Å². The molecule has 1 N–H and O–H groups in total. The van der Waals surface area contributed by atoms with E-state index in [-0.39, 0.29) is 18.0 Å². The van der Waals surface area contributed by atoms with Crippen molar-refractivity contribution in [2.24, 2.45) is 0 Å². The molecular formula is C15H16FN3O2. The third kappa shape index (κ3) is 2.35. The molecular weight excluding hydrogens is 273 g/mol. The summed E-state index contributed by atoms with van der Waals surface area (Å²) in [6, 6.07) is 5.39. The van der Waals surface area contributed by atoms with Gasteiger partial charge in [0.25, 0.3) is 5.91 Å². The zero-order chi connectivity index (χ0) is 15.6. The van der Waals surface area contributed by atoms with Crippen LogP contribution in [-0.2, 0) is 11.3 Å². The molecule has 5 nitrogen and oxygen atoms in total. The monoisotopic (exact) mass is 289 g/mol. The number of nitrogens with zero attached hydrogens (tertiary/aromatic N) is 2. The number of carbonyl (C=O) groups is 2. The molecule has 0 saturated carbocycles. The number of halogens is 1. The van der Waals surface area contributed by atoms with Gasteiger partial charge in [-0.15, -0.1) is 0 Å². The first-order chi connectivity index (χ1) is 9.98. The summed E-state index contributed by atoms with van der Waals surface area (Å²) in [5, 5.41) is 11.2. The topological polar surface area (TPSA) is 73.2 Å². The highest BCUT2D eigenvalue weighted by molar-refractivity contribution is 6.06. The third-order valence-corrected chi connectivity index (χ3v) is 4.08. The van der Waals surface area contributed by atoms with E-state index in [4.69, 9.17) is 5.26 Å². The lowest BCUT2D eigenvalue weighted by atomic mass is 9.91. The quantitative estimate of drug-likeness (QED) is 0.864. The van der Waals surface area contributed by atoms with Crippen LogP contribution in [0.1, 0.15) is 37.8 Å². The molecule has 1 aromatic carbocycles. The minimum Gasteiger partial charge on any atom is -0.305 e. The fourth-order valence-electron chi connectivity index (χ4n) is 2.71. The van der Waals surface area contributed by atoms with E-state index in [1.807, 2.05) is 19.9 Å². The van der Waals surface area contributed by atoms with E-state index in [9.17, 15) is 14.0 Å². The second-order valence-electron chi connectivity index (χ2n) is 5.00. The van der Waals surface area contributed by atoms with Crippen LogP contribution in [0.2, 0.25) is 0 Å². The Morgan fingerprint density at radius 3 is 2.57 bits per heavy atom. The summed E-state index contributed by atoms with van der Waals surface area (Å²) >= 11 is 0. The van der Waals surface area contributed by atoms with E-state index < -0.39 is 17.4 Å². The SMILES string of the molecule is CCC1(CC)C(=O)NC(=O)N1Cc1cc(C#N)ccc1F. The summed E-state index contributed by atoms with van der Waals surface area (Å²) in [5.74, 6) is -0.850. The lowest BCUT2D eigenvalue weighted by Crippen LogP contribution is -2.48. The summed E-state index contributed by atoms with van der Waals surface area (Å²) in [6.07, 6.45) is 0.890. The Hall–Kier alpha value is -2.42. The lowest BCUT2D eigenvalue weighted by Gasteiger charge is -2.33. The Labute approximate surface area is 122 Å².